The van der Waals surface area contributed by atoms with E-state index in [0.29, 0.717) is 11.5 Å². The smallest absolute Gasteiger partial charge is 0.369 e. The number of halogens is 3. The lowest BCUT2D eigenvalue weighted by Crippen LogP contribution is -2.16. The fourth-order valence-electron chi connectivity index (χ4n) is 1.23. The lowest BCUT2D eigenvalue weighted by atomic mass is 10.4. The molecule has 9 heteroatoms. The first-order valence-electron chi connectivity index (χ1n) is 5.59. The van der Waals surface area contributed by atoms with Crippen LogP contribution in [-0.4, -0.2) is 39.3 Å². The topological polar surface area (TPSA) is 66.9 Å². The van der Waals surface area contributed by atoms with Gasteiger partial charge in [-0.2, -0.15) is 18.2 Å². The van der Waals surface area contributed by atoms with Crippen LogP contribution in [0.3, 0.4) is 0 Å². The third-order valence-corrected chi connectivity index (χ3v) is 3.50. The molecular weight excluding hydrogens is 281 g/mol. The van der Waals surface area contributed by atoms with E-state index in [1.165, 1.54) is 7.05 Å². The first-order valence-corrected chi connectivity index (χ1v) is 7.08. The van der Waals surface area contributed by atoms with Gasteiger partial charge in [-0.1, -0.05) is 6.92 Å². The van der Waals surface area contributed by atoms with Crippen LogP contribution in [0.5, 0.6) is 0 Å². The molecule has 1 atom stereocenters. The Bertz CT molecular complexity index is 453. The van der Waals surface area contributed by atoms with Crippen LogP contribution in [0.25, 0.3) is 0 Å². The summed E-state index contributed by atoms with van der Waals surface area (Å²) in [6.45, 7) is 2.07. The van der Waals surface area contributed by atoms with Crippen molar-refractivity contribution < 1.29 is 17.4 Å². The summed E-state index contributed by atoms with van der Waals surface area (Å²) < 4.78 is 49.0. The number of hydrogen-bond acceptors (Lipinski definition) is 5. The minimum Gasteiger partial charge on any atom is -0.369 e. The molecule has 0 aliphatic rings. The molecule has 5 nitrogen and oxygen atoms in total. The van der Waals surface area contributed by atoms with Gasteiger partial charge in [-0.05, 0) is 0 Å². The summed E-state index contributed by atoms with van der Waals surface area (Å²) in [7, 11) is 0.462. The van der Waals surface area contributed by atoms with E-state index >= 15 is 0 Å². The van der Waals surface area contributed by atoms with Crippen molar-refractivity contribution in [2.45, 2.75) is 13.1 Å². The fraction of sp³-hybridized carbons (Fsp3) is 0.600. The van der Waals surface area contributed by atoms with Crippen molar-refractivity contribution in [2.75, 3.05) is 35.7 Å². The first kappa shape index (κ1) is 15.7. The van der Waals surface area contributed by atoms with Crippen LogP contribution in [0.15, 0.2) is 6.07 Å². The predicted molar refractivity (Wildman–Crippen MR) is 68.6 cm³/mol. The third-order valence-electron chi connectivity index (χ3n) is 2.20. The van der Waals surface area contributed by atoms with Crippen molar-refractivity contribution in [3.8, 4) is 0 Å². The van der Waals surface area contributed by atoms with Gasteiger partial charge >= 0.3 is 6.18 Å². The van der Waals surface area contributed by atoms with Gasteiger partial charge in [0.1, 0.15) is 5.82 Å². The Morgan fingerprint density at radius 1 is 1.37 bits per heavy atom. The number of alkyl halides is 3. The van der Waals surface area contributed by atoms with Crippen molar-refractivity contribution in [3.63, 3.8) is 0 Å². The number of aromatic nitrogens is 2. The van der Waals surface area contributed by atoms with E-state index in [4.69, 9.17) is 0 Å². The molecule has 1 heterocycles. The van der Waals surface area contributed by atoms with Crippen LogP contribution in [0.1, 0.15) is 12.6 Å². The van der Waals surface area contributed by atoms with Crippen molar-refractivity contribution in [3.05, 3.63) is 11.8 Å². The summed E-state index contributed by atoms with van der Waals surface area (Å²) in [6, 6.07) is 0.829. The average Bonchev–Trinajstić information content (AvgIpc) is 2.37. The van der Waals surface area contributed by atoms with Gasteiger partial charge in [0.15, 0.2) is 5.69 Å². The molecule has 1 aromatic rings. The minimum absolute atomic E-state index is 0.0554. The van der Waals surface area contributed by atoms with Gasteiger partial charge in [0.2, 0.25) is 5.95 Å². The molecular formula is C10H15F3N4OS. The van der Waals surface area contributed by atoms with E-state index in [9.17, 15) is 17.4 Å². The van der Waals surface area contributed by atoms with Gasteiger partial charge < -0.3 is 10.6 Å². The number of nitrogens with one attached hydrogen (secondary N) is 2. The Morgan fingerprint density at radius 2 is 2.05 bits per heavy atom. The van der Waals surface area contributed by atoms with Gasteiger partial charge in [0, 0.05) is 42.0 Å². The number of nitrogens with zero attached hydrogens (tertiary/aromatic N) is 2. The fourth-order valence-corrected chi connectivity index (χ4v) is 1.85. The van der Waals surface area contributed by atoms with E-state index in [0.717, 1.165) is 6.07 Å². The molecule has 1 rings (SSSR count). The van der Waals surface area contributed by atoms with E-state index < -0.39 is 22.7 Å². The van der Waals surface area contributed by atoms with Crippen LogP contribution < -0.4 is 10.6 Å². The van der Waals surface area contributed by atoms with E-state index in [2.05, 4.69) is 20.6 Å². The van der Waals surface area contributed by atoms with Gasteiger partial charge in [0.25, 0.3) is 0 Å². The Balaban J connectivity index is 2.80. The minimum atomic E-state index is -4.53. The molecule has 19 heavy (non-hydrogen) atoms. The Labute approximate surface area is 111 Å². The van der Waals surface area contributed by atoms with Crippen molar-refractivity contribution in [2.24, 2.45) is 0 Å². The van der Waals surface area contributed by atoms with Crippen LogP contribution in [-0.2, 0) is 17.0 Å². The van der Waals surface area contributed by atoms with Crippen LogP contribution in [0.2, 0.25) is 0 Å². The molecule has 0 amide bonds. The maximum absolute atomic E-state index is 12.6. The SMILES string of the molecule is CCS(=O)CCNc1cc(C(F)(F)F)nc(NC)n1. The molecule has 0 aliphatic carbocycles. The number of anilines is 2. The standard InChI is InChI=1S/C10H15F3N4OS/c1-3-19(18)5-4-15-8-6-7(10(11,12)13)16-9(14-2)17-8/h6H,3-5H2,1-2H3,(H2,14,15,16,17). The third kappa shape index (κ3) is 5.01. The Hall–Kier alpha value is -1.38. The molecule has 1 aromatic heterocycles. The molecule has 0 fully saturated rings. The molecule has 0 aliphatic heterocycles. The molecule has 0 saturated carbocycles. The highest BCUT2D eigenvalue weighted by Gasteiger charge is 2.33. The summed E-state index contributed by atoms with van der Waals surface area (Å²) in [5, 5.41) is 5.18. The van der Waals surface area contributed by atoms with Gasteiger partial charge in [-0.3, -0.25) is 4.21 Å². The molecule has 0 radical (unpaired) electrons. The van der Waals surface area contributed by atoms with E-state index in [1.54, 1.807) is 6.92 Å². The lowest BCUT2D eigenvalue weighted by molar-refractivity contribution is -0.141. The quantitative estimate of drug-likeness (QED) is 0.836. The van der Waals surface area contributed by atoms with E-state index in [-0.39, 0.29) is 18.3 Å². The summed E-state index contributed by atoms with van der Waals surface area (Å²) in [6.07, 6.45) is -4.53. The second-order valence-corrected chi connectivity index (χ2v) is 5.43. The van der Waals surface area contributed by atoms with Crippen molar-refractivity contribution >= 4 is 22.6 Å². The monoisotopic (exact) mass is 296 g/mol. The summed E-state index contributed by atoms with van der Waals surface area (Å²) in [5.74, 6) is 0.811. The largest absolute Gasteiger partial charge is 0.433 e. The van der Waals surface area contributed by atoms with Gasteiger partial charge in [-0.25, -0.2) is 4.98 Å². The normalized spacial score (nSPS) is 13.1. The second-order valence-electron chi connectivity index (χ2n) is 3.57. The maximum Gasteiger partial charge on any atom is 0.433 e. The summed E-state index contributed by atoms with van der Waals surface area (Å²) in [4.78, 5) is 7.19. The molecule has 0 aromatic carbocycles. The highest BCUT2D eigenvalue weighted by atomic mass is 32.2. The number of hydrogen-bond donors (Lipinski definition) is 2. The number of rotatable bonds is 6. The van der Waals surface area contributed by atoms with Gasteiger partial charge in [0.05, 0.1) is 0 Å². The summed E-state index contributed by atoms with van der Waals surface area (Å²) >= 11 is 0. The first-order chi connectivity index (χ1) is 8.86. The zero-order valence-electron chi connectivity index (χ0n) is 10.5. The highest BCUT2D eigenvalue weighted by molar-refractivity contribution is 7.84. The Kier molecular flexibility index (Phi) is 5.52. The van der Waals surface area contributed by atoms with Crippen molar-refractivity contribution in [1.82, 2.24) is 9.97 Å². The zero-order chi connectivity index (χ0) is 14.5. The zero-order valence-corrected chi connectivity index (χ0v) is 11.4. The summed E-state index contributed by atoms with van der Waals surface area (Å²) in [5.41, 5.74) is -1.02. The molecule has 0 bridgehead atoms. The second kappa shape index (κ2) is 6.69. The van der Waals surface area contributed by atoms with Crippen LogP contribution in [0.4, 0.5) is 24.9 Å². The Morgan fingerprint density at radius 3 is 2.58 bits per heavy atom. The molecule has 2 N–H and O–H groups in total. The lowest BCUT2D eigenvalue weighted by Gasteiger charge is -2.11. The van der Waals surface area contributed by atoms with Crippen LogP contribution in [0, 0.1) is 0 Å². The van der Waals surface area contributed by atoms with Crippen molar-refractivity contribution in [1.29, 1.82) is 0 Å². The molecule has 0 saturated heterocycles. The predicted octanol–water partition coefficient (Wildman–Crippen LogP) is 1.72. The van der Waals surface area contributed by atoms with E-state index in [1.807, 2.05) is 0 Å². The van der Waals surface area contributed by atoms with Crippen LogP contribution >= 0.6 is 0 Å². The molecule has 108 valence electrons. The molecule has 0 spiro atoms. The highest BCUT2D eigenvalue weighted by Crippen LogP contribution is 2.29. The average molecular weight is 296 g/mol. The van der Waals surface area contributed by atoms with Gasteiger partial charge in [-0.15, -0.1) is 0 Å². The molecule has 1 unspecified atom stereocenters. The maximum atomic E-state index is 12.6.